The summed E-state index contributed by atoms with van der Waals surface area (Å²) in [6.07, 6.45) is 0. The van der Waals surface area contributed by atoms with Crippen LogP contribution in [0.2, 0.25) is 0 Å². The van der Waals surface area contributed by atoms with Crippen molar-refractivity contribution in [3.8, 4) is 0 Å². The molecule has 1 saturated heterocycles. The summed E-state index contributed by atoms with van der Waals surface area (Å²) in [6, 6.07) is 7.92. The van der Waals surface area contributed by atoms with E-state index in [1.54, 1.807) is 18.2 Å². The van der Waals surface area contributed by atoms with E-state index < -0.39 is 15.8 Å². The molecule has 0 aliphatic carbocycles. The maximum Gasteiger partial charge on any atom is 0.326 e. The van der Waals surface area contributed by atoms with Gasteiger partial charge in [-0.15, -0.1) is 0 Å². The first-order chi connectivity index (χ1) is 10.4. The Balaban J connectivity index is 1.82. The van der Waals surface area contributed by atoms with Gasteiger partial charge < -0.3 is 4.74 Å². The van der Waals surface area contributed by atoms with Crippen molar-refractivity contribution >= 4 is 50.0 Å². The first kappa shape index (κ1) is 16.9. The van der Waals surface area contributed by atoms with Gasteiger partial charge in [0.25, 0.3) is 0 Å². The lowest BCUT2D eigenvalue weighted by atomic mass is 10.4. The Morgan fingerprint density at radius 1 is 1.32 bits per heavy atom. The lowest BCUT2D eigenvalue weighted by Gasteiger charge is -2.13. The molecule has 1 aromatic rings. The number of thioether (sulfide) groups is 1. The first-order valence-electron chi connectivity index (χ1n) is 6.31. The number of ether oxygens (including phenoxy) is 1. The highest BCUT2D eigenvalue weighted by molar-refractivity contribution is 8.23. The van der Waals surface area contributed by atoms with E-state index in [0.29, 0.717) is 4.32 Å². The van der Waals surface area contributed by atoms with Gasteiger partial charge in [-0.25, -0.2) is 8.42 Å². The molecular formula is C13H13NO5S3. The van der Waals surface area contributed by atoms with Crippen molar-refractivity contribution in [1.82, 2.24) is 4.90 Å². The van der Waals surface area contributed by atoms with Crippen LogP contribution >= 0.6 is 24.0 Å². The normalized spacial score (nSPS) is 15.2. The fourth-order valence-corrected chi connectivity index (χ4v) is 3.90. The van der Waals surface area contributed by atoms with E-state index in [-0.39, 0.29) is 35.5 Å². The van der Waals surface area contributed by atoms with Gasteiger partial charge in [-0.1, -0.05) is 42.2 Å². The minimum atomic E-state index is -3.49. The molecule has 0 N–H and O–H groups in total. The molecule has 1 fully saturated rings. The molecule has 9 heteroatoms. The molecule has 0 atom stereocenters. The van der Waals surface area contributed by atoms with Crippen molar-refractivity contribution in [2.24, 2.45) is 0 Å². The van der Waals surface area contributed by atoms with E-state index in [0.717, 1.165) is 4.90 Å². The summed E-state index contributed by atoms with van der Waals surface area (Å²) in [7, 11) is -3.49. The molecule has 1 aliphatic heterocycles. The zero-order chi connectivity index (χ0) is 16.2. The number of esters is 1. The topological polar surface area (TPSA) is 80.8 Å². The van der Waals surface area contributed by atoms with Gasteiger partial charge >= 0.3 is 5.97 Å². The van der Waals surface area contributed by atoms with Crippen molar-refractivity contribution in [2.75, 3.05) is 24.7 Å². The predicted octanol–water partition coefficient (Wildman–Crippen LogP) is 0.864. The van der Waals surface area contributed by atoms with E-state index >= 15 is 0 Å². The molecule has 0 bridgehead atoms. The number of amides is 1. The number of thiocarbonyl (C=S) groups is 1. The van der Waals surface area contributed by atoms with E-state index in [1.165, 1.54) is 23.9 Å². The molecule has 0 spiro atoms. The largest absolute Gasteiger partial charge is 0.463 e. The van der Waals surface area contributed by atoms with Crippen molar-refractivity contribution in [1.29, 1.82) is 0 Å². The summed E-state index contributed by atoms with van der Waals surface area (Å²) < 4.78 is 29.2. The number of carbonyl (C=O) groups excluding carboxylic acids is 2. The van der Waals surface area contributed by atoms with Gasteiger partial charge in [0.15, 0.2) is 9.84 Å². The Morgan fingerprint density at radius 3 is 2.59 bits per heavy atom. The fourth-order valence-electron chi connectivity index (χ4n) is 1.72. The van der Waals surface area contributed by atoms with E-state index in [1.807, 2.05) is 0 Å². The van der Waals surface area contributed by atoms with Gasteiger partial charge in [-0.3, -0.25) is 14.5 Å². The van der Waals surface area contributed by atoms with Crippen LogP contribution in [0.5, 0.6) is 0 Å². The third-order valence-corrected chi connectivity index (χ3v) is 5.97. The van der Waals surface area contributed by atoms with Crippen molar-refractivity contribution in [3.05, 3.63) is 30.3 Å². The van der Waals surface area contributed by atoms with Gasteiger partial charge in [-0.2, -0.15) is 0 Å². The lowest BCUT2D eigenvalue weighted by Crippen LogP contribution is -2.35. The molecule has 1 amide bonds. The van der Waals surface area contributed by atoms with Crippen LogP contribution in [0.25, 0.3) is 0 Å². The minimum Gasteiger partial charge on any atom is -0.463 e. The third-order valence-electron chi connectivity index (χ3n) is 2.85. The fraction of sp³-hybridized carbons (Fsp3) is 0.308. The first-order valence-corrected chi connectivity index (χ1v) is 9.35. The van der Waals surface area contributed by atoms with Crippen molar-refractivity contribution < 1.29 is 22.7 Å². The molecule has 1 heterocycles. The van der Waals surface area contributed by atoms with Gasteiger partial charge in [0, 0.05) is 0 Å². The zero-order valence-corrected chi connectivity index (χ0v) is 13.9. The standard InChI is InChI=1S/C13H13NO5S3/c15-11-9-21-13(20)14(11)8-12(16)19-6-7-22(17,18)10-4-2-1-3-5-10/h1-5H,6-9H2. The molecule has 0 aromatic heterocycles. The highest BCUT2D eigenvalue weighted by Gasteiger charge is 2.29. The summed E-state index contributed by atoms with van der Waals surface area (Å²) in [4.78, 5) is 24.4. The van der Waals surface area contributed by atoms with E-state index in [9.17, 15) is 18.0 Å². The summed E-state index contributed by atoms with van der Waals surface area (Å²) in [5.74, 6) is -1.02. The van der Waals surface area contributed by atoms with Gasteiger partial charge in [0.1, 0.15) is 17.5 Å². The maximum atomic E-state index is 12.0. The maximum absolute atomic E-state index is 12.0. The molecule has 6 nitrogen and oxygen atoms in total. The van der Waals surface area contributed by atoms with Crippen LogP contribution in [0.4, 0.5) is 0 Å². The molecule has 1 aromatic carbocycles. The quantitative estimate of drug-likeness (QED) is 0.550. The molecular weight excluding hydrogens is 346 g/mol. The highest BCUT2D eigenvalue weighted by Crippen LogP contribution is 2.18. The number of sulfone groups is 1. The second-order valence-corrected chi connectivity index (χ2v) is 8.11. The van der Waals surface area contributed by atoms with Crippen LogP contribution in [-0.4, -0.2) is 54.2 Å². The van der Waals surface area contributed by atoms with Gasteiger partial charge in [-0.05, 0) is 12.1 Å². The molecule has 1 aliphatic rings. The van der Waals surface area contributed by atoms with Crippen LogP contribution in [0.15, 0.2) is 35.2 Å². The Bertz CT molecular complexity index is 671. The number of hydrogen-bond donors (Lipinski definition) is 0. The van der Waals surface area contributed by atoms with Crippen molar-refractivity contribution in [3.63, 3.8) is 0 Å². The second-order valence-electron chi connectivity index (χ2n) is 4.39. The third kappa shape index (κ3) is 4.28. The molecule has 0 unspecified atom stereocenters. The van der Waals surface area contributed by atoms with Gasteiger partial charge in [0.05, 0.1) is 16.4 Å². The van der Waals surface area contributed by atoms with Crippen LogP contribution in [0.3, 0.4) is 0 Å². The van der Waals surface area contributed by atoms with E-state index in [4.69, 9.17) is 17.0 Å². The number of carbonyl (C=O) groups is 2. The van der Waals surface area contributed by atoms with Crippen LogP contribution in [-0.2, 0) is 24.2 Å². The number of hydrogen-bond acceptors (Lipinski definition) is 7. The van der Waals surface area contributed by atoms with Gasteiger partial charge in [0.2, 0.25) is 5.91 Å². The SMILES string of the molecule is O=C(CN1C(=O)CSC1=S)OCCS(=O)(=O)c1ccccc1. The summed E-state index contributed by atoms with van der Waals surface area (Å²) in [5.41, 5.74) is 0. The summed E-state index contributed by atoms with van der Waals surface area (Å²) >= 11 is 6.12. The average Bonchev–Trinajstić information content (AvgIpc) is 2.80. The monoisotopic (exact) mass is 359 g/mol. The Hall–Kier alpha value is -1.45. The smallest absolute Gasteiger partial charge is 0.326 e. The summed E-state index contributed by atoms with van der Waals surface area (Å²) in [5, 5.41) is 0. The molecule has 0 radical (unpaired) electrons. The van der Waals surface area contributed by atoms with Crippen LogP contribution in [0.1, 0.15) is 0 Å². The molecule has 118 valence electrons. The molecule has 0 saturated carbocycles. The van der Waals surface area contributed by atoms with Crippen LogP contribution in [0, 0.1) is 0 Å². The number of benzene rings is 1. The molecule has 22 heavy (non-hydrogen) atoms. The van der Waals surface area contributed by atoms with E-state index in [2.05, 4.69) is 0 Å². The second kappa shape index (κ2) is 7.21. The minimum absolute atomic E-state index is 0.179. The van der Waals surface area contributed by atoms with Crippen LogP contribution < -0.4 is 0 Å². The predicted molar refractivity (Wildman–Crippen MR) is 86.2 cm³/mol. The summed E-state index contributed by atoms with van der Waals surface area (Å²) in [6.45, 7) is -0.548. The lowest BCUT2D eigenvalue weighted by molar-refractivity contribution is -0.145. The highest BCUT2D eigenvalue weighted by atomic mass is 32.2. The number of rotatable bonds is 6. The average molecular weight is 359 g/mol. The Morgan fingerprint density at radius 2 is 2.00 bits per heavy atom. The Kier molecular flexibility index (Phi) is 5.54. The number of nitrogens with zero attached hydrogens (tertiary/aromatic N) is 1. The zero-order valence-electron chi connectivity index (χ0n) is 11.4. The Labute approximate surface area is 137 Å². The molecule has 2 rings (SSSR count). The van der Waals surface area contributed by atoms with Crippen molar-refractivity contribution in [2.45, 2.75) is 4.90 Å².